The third-order valence-corrected chi connectivity index (χ3v) is 6.74. The fourth-order valence-electron chi connectivity index (χ4n) is 4.09. The first-order valence-electron chi connectivity index (χ1n) is 13.0. The van der Waals surface area contributed by atoms with Crippen LogP contribution < -0.4 is 16.9 Å². The molecule has 0 unspecified atom stereocenters. The zero-order valence-electron chi connectivity index (χ0n) is 24.5. The van der Waals surface area contributed by atoms with Gasteiger partial charge < -0.3 is 20.9 Å². The van der Waals surface area contributed by atoms with E-state index in [-0.39, 0.29) is 17.0 Å². The van der Waals surface area contributed by atoms with Crippen LogP contribution in [0.25, 0.3) is 5.70 Å². The molecule has 0 spiro atoms. The van der Waals surface area contributed by atoms with E-state index in [9.17, 15) is 22.4 Å². The maximum atomic E-state index is 15.0. The molecule has 0 bridgehead atoms. The van der Waals surface area contributed by atoms with E-state index < -0.39 is 23.5 Å². The number of hydrogen-bond donors (Lipinski definition) is 3. The molecule has 0 saturated carbocycles. The number of nitrogens with two attached hydrogens (primary N) is 2. The molecule has 226 valence electrons. The average molecular weight is 589 g/mol. The summed E-state index contributed by atoms with van der Waals surface area (Å²) in [5.41, 5.74) is 9.50. The first-order valence-corrected chi connectivity index (χ1v) is 13.0. The van der Waals surface area contributed by atoms with Crippen molar-refractivity contribution in [3.8, 4) is 0 Å². The van der Waals surface area contributed by atoms with E-state index in [1.165, 1.54) is 23.2 Å². The maximum Gasteiger partial charge on any atom is 0.423 e. The third-order valence-electron chi connectivity index (χ3n) is 6.74. The monoisotopic (exact) mass is 588 g/mol. The number of aromatic nitrogens is 2. The quantitative estimate of drug-likeness (QED) is 0.175. The summed E-state index contributed by atoms with van der Waals surface area (Å²) in [7, 11) is 6.94. The highest BCUT2D eigenvalue weighted by Crippen LogP contribution is 2.31. The van der Waals surface area contributed by atoms with Crippen molar-refractivity contribution in [2.45, 2.75) is 26.4 Å². The number of carbonyl (C=O) groups excluding carboxylic acids is 1. The summed E-state index contributed by atoms with van der Waals surface area (Å²) >= 11 is 0. The van der Waals surface area contributed by atoms with E-state index in [2.05, 4.69) is 10.4 Å². The first kappa shape index (κ1) is 32.2. The molecule has 9 nitrogen and oxygen atoms in total. The third kappa shape index (κ3) is 7.90. The molecular formula is C29H36F4N8O. The van der Waals surface area contributed by atoms with Gasteiger partial charge in [0, 0.05) is 55.9 Å². The Kier molecular flexibility index (Phi) is 10.1. The van der Waals surface area contributed by atoms with Crippen LogP contribution in [-0.4, -0.2) is 70.9 Å². The largest absolute Gasteiger partial charge is 0.423 e. The number of amides is 1. The minimum absolute atomic E-state index is 0.194. The molecule has 1 aromatic rings. The molecule has 42 heavy (non-hydrogen) atoms. The van der Waals surface area contributed by atoms with Crippen molar-refractivity contribution >= 4 is 11.6 Å². The molecule has 2 aliphatic carbocycles. The minimum Gasteiger partial charge on any atom is -0.397 e. The summed E-state index contributed by atoms with van der Waals surface area (Å²) in [4.78, 5) is 16.6. The number of nitrogens with one attached hydrogen (secondary N) is 1. The minimum atomic E-state index is -4.93. The van der Waals surface area contributed by atoms with E-state index in [0.717, 1.165) is 17.3 Å². The highest BCUT2D eigenvalue weighted by Gasteiger charge is 2.35. The number of alkyl halides is 3. The van der Waals surface area contributed by atoms with Gasteiger partial charge in [0.1, 0.15) is 5.57 Å². The fraction of sp³-hybridized carbons (Fsp3) is 0.345. The molecule has 2 aliphatic rings. The van der Waals surface area contributed by atoms with Crippen LogP contribution in [0.3, 0.4) is 0 Å². The van der Waals surface area contributed by atoms with Crippen molar-refractivity contribution < 1.29 is 22.4 Å². The van der Waals surface area contributed by atoms with Crippen LogP contribution in [-0.2, 0) is 11.8 Å². The molecule has 0 aromatic carbocycles. The SMILES string of the molecule is CC1=CCC=C(NC(=O)C2=CC(C(F)(F)F)=C=C(F)C(N(C)CCN(C)C)=C2)C=C1N(N)/C=C(\N)c1cnn(C)c1C. The van der Waals surface area contributed by atoms with Crippen molar-refractivity contribution in [3.63, 3.8) is 0 Å². The molecule has 5 N–H and O–H groups in total. The van der Waals surface area contributed by atoms with Crippen molar-refractivity contribution in [2.75, 3.05) is 34.2 Å². The van der Waals surface area contributed by atoms with Gasteiger partial charge in [-0.3, -0.25) is 14.5 Å². The second kappa shape index (κ2) is 13.1. The smallest absolute Gasteiger partial charge is 0.397 e. The summed E-state index contributed by atoms with van der Waals surface area (Å²) in [6.07, 6.45) is 5.43. The molecule has 3 rings (SSSR count). The fourth-order valence-corrected chi connectivity index (χ4v) is 4.09. The number of carbonyl (C=O) groups is 1. The summed E-state index contributed by atoms with van der Waals surface area (Å²) in [5.74, 6) is 4.25. The number of rotatable bonds is 9. The van der Waals surface area contributed by atoms with Crippen LogP contribution >= 0.6 is 0 Å². The molecule has 0 atom stereocenters. The number of likely N-dealkylation sites (N-methyl/N-ethyl adjacent to an activating group) is 2. The van der Waals surface area contributed by atoms with E-state index in [0.29, 0.717) is 42.5 Å². The zero-order chi connectivity index (χ0) is 31.4. The summed E-state index contributed by atoms with van der Waals surface area (Å²) in [5, 5.41) is 8.12. The number of allylic oxidation sites excluding steroid dienone is 6. The second-order valence-corrected chi connectivity index (χ2v) is 10.2. The van der Waals surface area contributed by atoms with E-state index in [1.54, 1.807) is 35.8 Å². The lowest BCUT2D eigenvalue weighted by molar-refractivity contribution is -0.116. The number of aryl methyl sites for hydroxylation is 1. The van der Waals surface area contributed by atoms with Crippen LogP contribution in [0.4, 0.5) is 17.6 Å². The van der Waals surface area contributed by atoms with Crippen LogP contribution in [0.15, 0.2) is 88.1 Å². The molecule has 1 amide bonds. The molecule has 13 heteroatoms. The molecule has 0 saturated heterocycles. The van der Waals surface area contributed by atoms with Gasteiger partial charge in [0.25, 0.3) is 5.91 Å². The lowest BCUT2D eigenvalue weighted by Crippen LogP contribution is -2.29. The van der Waals surface area contributed by atoms with Crippen molar-refractivity contribution in [1.29, 1.82) is 0 Å². The number of hydrogen-bond acceptors (Lipinski definition) is 7. The topological polar surface area (TPSA) is 109 Å². The van der Waals surface area contributed by atoms with Crippen LogP contribution in [0.1, 0.15) is 24.6 Å². The van der Waals surface area contributed by atoms with Gasteiger partial charge in [0.2, 0.25) is 0 Å². The van der Waals surface area contributed by atoms with E-state index in [4.69, 9.17) is 11.6 Å². The van der Waals surface area contributed by atoms with Gasteiger partial charge >= 0.3 is 6.18 Å². The van der Waals surface area contributed by atoms with Gasteiger partial charge in [-0.2, -0.15) is 22.7 Å². The highest BCUT2D eigenvalue weighted by molar-refractivity contribution is 5.98. The number of nitrogens with zero attached hydrogens (tertiary/aromatic N) is 5. The Balaban J connectivity index is 1.93. The van der Waals surface area contributed by atoms with Crippen LogP contribution in [0.2, 0.25) is 0 Å². The van der Waals surface area contributed by atoms with Gasteiger partial charge in [-0.05, 0) is 58.2 Å². The van der Waals surface area contributed by atoms with E-state index in [1.807, 2.05) is 38.9 Å². The lowest BCUT2D eigenvalue weighted by Gasteiger charge is -2.23. The van der Waals surface area contributed by atoms with Gasteiger partial charge in [0.15, 0.2) is 5.83 Å². The highest BCUT2D eigenvalue weighted by atomic mass is 19.4. The Bertz CT molecular complexity index is 1480. The lowest BCUT2D eigenvalue weighted by atomic mass is 10.1. The predicted octanol–water partition coefficient (Wildman–Crippen LogP) is 3.65. The normalized spacial score (nSPS) is 16.3. The van der Waals surface area contributed by atoms with Crippen molar-refractivity contribution in [3.05, 3.63) is 99.4 Å². The summed E-state index contributed by atoms with van der Waals surface area (Å²) in [6, 6.07) is 0. The van der Waals surface area contributed by atoms with Crippen molar-refractivity contribution in [1.82, 2.24) is 29.9 Å². The molecule has 0 radical (unpaired) electrons. The zero-order valence-corrected chi connectivity index (χ0v) is 24.5. The van der Waals surface area contributed by atoms with Gasteiger partial charge in [-0.1, -0.05) is 17.9 Å². The number of hydrazine groups is 1. The maximum absolute atomic E-state index is 15.0. The van der Waals surface area contributed by atoms with Gasteiger partial charge in [-0.25, -0.2) is 5.84 Å². The Labute approximate surface area is 242 Å². The average Bonchev–Trinajstić information content (AvgIpc) is 3.04. The molecule has 0 fully saturated rings. The van der Waals surface area contributed by atoms with Gasteiger partial charge in [-0.15, -0.1) is 0 Å². The molecular weight excluding hydrogens is 552 g/mol. The Hall–Kier alpha value is -4.32. The predicted molar refractivity (Wildman–Crippen MR) is 154 cm³/mol. The molecule has 0 aliphatic heterocycles. The summed E-state index contributed by atoms with van der Waals surface area (Å²) in [6.45, 7) is 4.49. The van der Waals surface area contributed by atoms with Gasteiger partial charge in [0.05, 0.1) is 23.3 Å². The number of halogens is 4. The van der Waals surface area contributed by atoms with Crippen LogP contribution in [0.5, 0.6) is 0 Å². The van der Waals surface area contributed by atoms with E-state index >= 15 is 0 Å². The Morgan fingerprint density at radius 3 is 2.43 bits per heavy atom. The molecule has 1 aromatic heterocycles. The van der Waals surface area contributed by atoms with Crippen molar-refractivity contribution in [2.24, 2.45) is 18.6 Å². The second-order valence-electron chi connectivity index (χ2n) is 10.2. The summed E-state index contributed by atoms with van der Waals surface area (Å²) < 4.78 is 57.7. The molecule has 1 heterocycles. The standard InChI is InChI=1S/C29H36F4N8O/c1-18-8-7-9-22(15-26(18)41(35)17-25(34)23-16-36-40(6)19(23)2)37-28(42)20-12-21(29(31,32)33)14-24(30)27(13-20)39(5)11-10-38(3)4/h8-9,12-13,15-17H,7,10-11,34-35H2,1-6H3,(H,37,42)/b25-17-. The van der Waals surface area contributed by atoms with Crippen LogP contribution in [0, 0.1) is 6.92 Å². The Morgan fingerprint density at radius 2 is 1.83 bits per heavy atom. The first-order chi connectivity index (χ1) is 19.6. The Morgan fingerprint density at radius 1 is 1.14 bits per heavy atom.